The van der Waals surface area contributed by atoms with Gasteiger partial charge in [-0.1, -0.05) is 0 Å². The van der Waals surface area contributed by atoms with Crippen LogP contribution >= 0.6 is 0 Å². The number of hydrogen-bond acceptors (Lipinski definition) is 6. The fourth-order valence-corrected chi connectivity index (χ4v) is 3.87. The highest BCUT2D eigenvalue weighted by atomic mass is 19.4. The lowest BCUT2D eigenvalue weighted by Crippen LogP contribution is -2.49. The van der Waals surface area contributed by atoms with Gasteiger partial charge in [-0.25, -0.2) is 23.7 Å². The number of fused-ring (bicyclic) bond motifs is 1. The Morgan fingerprint density at radius 3 is 2.68 bits per heavy atom. The lowest BCUT2D eigenvalue weighted by atomic mass is 9.89. The number of rotatable bonds is 3. The van der Waals surface area contributed by atoms with E-state index in [9.17, 15) is 26.7 Å². The molecule has 2 aromatic heterocycles. The number of halogens is 5. The molecule has 2 N–H and O–H groups in total. The average molecular weight is 442 g/mol. The Morgan fingerprint density at radius 1 is 1.23 bits per heavy atom. The van der Waals surface area contributed by atoms with Gasteiger partial charge in [-0.15, -0.1) is 0 Å². The van der Waals surface area contributed by atoms with Crippen molar-refractivity contribution in [2.45, 2.75) is 37.9 Å². The number of nitrogens with one attached hydrogen (secondary N) is 2. The molecular formula is C19H19F5N6O. The summed E-state index contributed by atoms with van der Waals surface area (Å²) in [6.07, 6.45) is -7.45. The second-order valence-electron chi connectivity index (χ2n) is 7.58. The molecule has 1 amide bonds. The molecular weight excluding hydrogens is 423 g/mol. The first-order valence-electron chi connectivity index (χ1n) is 9.63. The van der Waals surface area contributed by atoms with E-state index in [1.165, 1.54) is 6.07 Å². The number of aromatic nitrogens is 3. The Balaban J connectivity index is 1.87. The molecule has 0 bridgehead atoms. The van der Waals surface area contributed by atoms with Gasteiger partial charge in [0.2, 0.25) is 5.91 Å². The highest BCUT2D eigenvalue weighted by Gasteiger charge is 2.47. The fourth-order valence-electron chi connectivity index (χ4n) is 3.87. The van der Waals surface area contributed by atoms with Crippen LogP contribution in [0.15, 0.2) is 18.5 Å². The van der Waals surface area contributed by atoms with E-state index in [1.54, 1.807) is 4.90 Å². The molecule has 12 heteroatoms. The van der Waals surface area contributed by atoms with Crippen LogP contribution in [-0.4, -0.2) is 52.7 Å². The fraction of sp³-hybridized carbons (Fsp3) is 0.474. The third-order valence-electron chi connectivity index (χ3n) is 5.30. The average Bonchev–Trinajstić information content (AvgIpc) is 2.71. The van der Waals surface area contributed by atoms with Gasteiger partial charge in [0.25, 0.3) is 6.43 Å². The molecule has 7 nitrogen and oxygen atoms in total. The SMILES string of the molecule is C[C@H]1CN(c2cc(C(F)F)cc(-c3ncnc4c3[C@H](C(F)(F)F)CC(=O)N4)n2)CCN1. The first-order chi connectivity index (χ1) is 14.6. The molecule has 31 heavy (non-hydrogen) atoms. The lowest BCUT2D eigenvalue weighted by Gasteiger charge is -2.33. The highest BCUT2D eigenvalue weighted by Crippen LogP contribution is 2.46. The Bertz CT molecular complexity index is 998. The Labute approximate surface area is 174 Å². The van der Waals surface area contributed by atoms with Crippen LogP contribution in [0, 0.1) is 0 Å². The molecule has 2 aromatic rings. The van der Waals surface area contributed by atoms with Crippen molar-refractivity contribution in [2.75, 3.05) is 29.9 Å². The second-order valence-corrected chi connectivity index (χ2v) is 7.58. The summed E-state index contributed by atoms with van der Waals surface area (Å²) in [6.45, 7) is 3.55. The largest absolute Gasteiger partial charge is 0.396 e. The number of pyridine rings is 1. The molecule has 2 aliphatic heterocycles. The number of nitrogens with zero attached hydrogens (tertiary/aromatic N) is 4. The smallest absolute Gasteiger partial charge is 0.354 e. The zero-order chi connectivity index (χ0) is 22.3. The van der Waals surface area contributed by atoms with Crippen molar-refractivity contribution in [1.82, 2.24) is 20.3 Å². The summed E-state index contributed by atoms with van der Waals surface area (Å²) < 4.78 is 68.4. The molecule has 2 atom stereocenters. The Hall–Kier alpha value is -2.89. The summed E-state index contributed by atoms with van der Waals surface area (Å²) in [4.78, 5) is 25.7. The summed E-state index contributed by atoms with van der Waals surface area (Å²) in [7, 11) is 0. The number of hydrogen-bond donors (Lipinski definition) is 2. The van der Waals surface area contributed by atoms with Gasteiger partial charge in [-0.3, -0.25) is 4.79 Å². The molecule has 0 saturated carbocycles. The van der Waals surface area contributed by atoms with E-state index in [1.807, 2.05) is 6.92 Å². The molecule has 0 spiro atoms. The monoisotopic (exact) mass is 442 g/mol. The minimum absolute atomic E-state index is 0.0887. The van der Waals surface area contributed by atoms with E-state index in [2.05, 4.69) is 25.6 Å². The summed E-state index contributed by atoms with van der Waals surface area (Å²) >= 11 is 0. The second kappa shape index (κ2) is 7.98. The highest BCUT2D eigenvalue weighted by molar-refractivity contribution is 5.95. The van der Waals surface area contributed by atoms with E-state index in [-0.39, 0.29) is 40.2 Å². The van der Waals surface area contributed by atoms with Crippen molar-refractivity contribution in [3.63, 3.8) is 0 Å². The van der Waals surface area contributed by atoms with Gasteiger partial charge >= 0.3 is 6.18 Å². The van der Waals surface area contributed by atoms with Crippen LogP contribution in [0.5, 0.6) is 0 Å². The Morgan fingerprint density at radius 2 is 2.00 bits per heavy atom. The minimum atomic E-state index is -4.75. The van der Waals surface area contributed by atoms with Crippen molar-refractivity contribution >= 4 is 17.5 Å². The lowest BCUT2D eigenvalue weighted by molar-refractivity contribution is -0.156. The van der Waals surface area contributed by atoms with Crippen LogP contribution in [0.3, 0.4) is 0 Å². The van der Waals surface area contributed by atoms with E-state index in [0.717, 1.165) is 12.4 Å². The third kappa shape index (κ3) is 4.29. The maximum absolute atomic E-state index is 13.7. The first-order valence-corrected chi connectivity index (χ1v) is 9.63. The van der Waals surface area contributed by atoms with Crippen molar-refractivity contribution in [1.29, 1.82) is 0 Å². The molecule has 0 unspecified atom stereocenters. The zero-order valence-corrected chi connectivity index (χ0v) is 16.4. The molecule has 4 heterocycles. The van der Waals surface area contributed by atoms with Gasteiger partial charge in [0, 0.05) is 43.2 Å². The van der Waals surface area contributed by atoms with E-state index >= 15 is 0 Å². The van der Waals surface area contributed by atoms with Crippen LogP contribution in [-0.2, 0) is 4.79 Å². The summed E-state index contributed by atoms with van der Waals surface area (Å²) in [5.74, 6) is -3.04. The van der Waals surface area contributed by atoms with Crippen molar-refractivity contribution in [3.05, 3.63) is 29.6 Å². The minimum Gasteiger partial charge on any atom is -0.354 e. The predicted octanol–water partition coefficient (Wildman–Crippen LogP) is 3.26. The van der Waals surface area contributed by atoms with Gasteiger partial charge in [0.15, 0.2) is 0 Å². The predicted molar refractivity (Wildman–Crippen MR) is 102 cm³/mol. The summed E-state index contributed by atoms with van der Waals surface area (Å²) in [5.41, 5.74) is -1.09. The first kappa shape index (κ1) is 21.3. The number of anilines is 2. The van der Waals surface area contributed by atoms with Crippen LogP contribution < -0.4 is 15.5 Å². The molecule has 0 aromatic carbocycles. The van der Waals surface area contributed by atoms with E-state index < -0.39 is 30.8 Å². The summed E-state index contributed by atoms with van der Waals surface area (Å²) in [5, 5.41) is 5.54. The standard InChI is InChI=1S/C19H19F5N6O/c1-9-7-30(3-2-25-9)13-5-10(17(20)21)4-12(28-13)16-15-11(19(22,23)24)6-14(31)29-18(15)27-8-26-16/h4-5,8-9,11,17,25H,2-3,6-7H2,1H3,(H,26,27,29,31)/t9-,11+/m0/s1. The van der Waals surface area contributed by atoms with Gasteiger partial charge in [0.05, 0.1) is 17.3 Å². The van der Waals surface area contributed by atoms with Crippen LogP contribution in [0.2, 0.25) is 0 Å². The van der Waals surface area contributed by atoms with Crippen molar-refractivity contribution in [2.24, 2.45) is 0 Å². The maximum Gasteiger partial charge on any atom is 0.396 e. The Kier molecular flexibility index (Phi) is 5.50. The third-order valence-corrected chi connectivity index (χ3v) is 5.30. The van der Waals surface area contributed by atoms with Crippen molar-refractivity contribution < 1.29 is 26.7 Å². The van der Waals surface area contributed by atoms with E-state index in [4.69, 9.17) is 0 Å². The van der Waals surface area contributed by atoms with Crippen LogP contribution in [0.4, 0.5) is 33.6 Å². The maximum atomic E-state index is 13.7. The van der Waals surface area contributed by atoms with E-state index in [0.29, 0.717) is 19.6 Å². The number of carbonyl (C=O) groups is 1. The molecule has 4 rings (SSSR count). The molecule has 166 valence electrons. The normalized spacial score (nSPS) is 21.8. The number of amides is 1. The van der Waals surface area contributed by atoms with Gasteiger partial charge in [-0.05, 0) is 19.1 Å². The summed E-state index contributed by atoms with van der Waals surface area (Å²) in [6, 6.07) is 2.36. The molecule has 0 aliphatic carbocycles. The number of alkyl halides is 5. The van der Waals surface area contributed by atoms with Gasteiger partial charge in [-0.2, -0.15) is 13.2 Å². The topological polar surface area (TPSA) is 83.0 Å². The van der Waals surface area contributed by atoms with Crippen LogP contribution in [0.1, 0.15) is 36.8 Å². The van der Waals surface area contributed by atoms with Crippen molar-refractivity contribution in [3.8, 4) is 11.4 Å². The number of piperazine rings is 1. The zero-order valence-electron chi connectivity index (χ0n) is 16.4. The van der Waals surface area contributed by atoms with Gasteiger partial charge in [0.1, 0.15) is 18.0 Å². The number of carbonyl (C=O) groups excluding carboxylic acids is 1. The van der Waals surface area contributed by atoms with Gasteiger partial charge < -0.3 is 15.5 Å². The molecule has 0 radical (unpaired) electrons. The molecule has 1 fully saturated rings. The van der Waals surface area contributed by atoms with Crippen LogP contribution in [0.25, 0.3) is 11.4 Å². The molecule has 2 aliphatic rings. The molecule has 1 saturated heterocycles. The quantitative estimate of drug-likeness (QED) is 0.711.